The molecular formula is C10H6F3NO2. The van der Waals surface area contributed by atoms with E-state index in [0.717, 1.165) is 0 Å². The average Bonchev–Trinajstić information content (AvgIpc) is 2.53. The van der Waals surface area contributed by atoms with Gasteiger partial charge >= 0.3 is 5.97 Å². The smallest absolute Gasteiger partial charge is 0.338 e. The van der Waals surface area contributed by atoms with Crippen LogP contribution in [0.3, 0.4) is 0 Å². The normalized spacial score (nSPS) is 11.0. The van der Waals surface area contributed by atoms with Gasteiger partial charge in [0, 0.05) is 11.8 Å². The summed E-state index contributed by atoms with van der Waals surface area (Å²) in [6, 6.07) is 0.374. The molecule has 16 heavy (non-hydrogen) atoms. The molecule has 2 N–H and O–H groups in total. The molecule has 3 nitrogen and oxygen atoms in total. The molecule has 0 saturated heterocycles. The van der Waals surface area contributed by atoms with Crippen LogP contribution >= 0.6 is 0 Å². The highest BCUT2D eigenvalue weighted by Gasteiger charge is 2.23. The molecule has 1 aromatic heterocycles. The van der Waals surface area contributed by atoms with Crippen LogP contribution in [0.25, 0.3) is 10.9 Å². The molecule has 0 bridgehead atoms. The minimum Gasteiger partial charge on any atom is -0.478 e. The molecule has 0 aliphatic carbocycles. The summed E-state index contributed by atoms with van der Waals surface area (Å²) in [5.74, 6) is -5.23. The molecule has 0 amide bonds. The van der Waals surface area contributed by atoms with E-state index in [2.05, 4.69) is 4.98 Å². The van der Waals surface area contributed by atoms with Crippen LogP contribution in [0.1, 0.15) is 16.1 Å². The lowest BCUT2D eigenvalue weighted by atomic mass is 10.1. The van der Waals surface area contributed by atoms with E-state index >= 15 is 0 Å². The number of rotatable bonds is 1. The minimum absolute atomic E-state index is 0.0749. The van der Waals surface area contributed by atoms with E-state index in [9.17, 15) is 18.0 Å². The number of carboxylic acids is 1. The van der Waals surface area contributed by atoms with E-state index in [0.29, 0.717) is 6.07 Å². The van der Waals surface area contributed by atoms with Crippen LogP contribution in [0, 0.1) is 24.4 Å². The second-order valence-corrected chi connectivity index (χ2v) is 3.33. The summed E-state index contributed by atoms with van der Waals surface area (Å²) in [5, 5.41) is 8.26. The van der Waals surface area contributed by atoms with Crippen molar-refractivity contribution in [1.29, 1.82) is 0 Å². The predicted molar refractivity (Wildman–Crippen MR) is 49.9 cm³/mol. The van der Waals surface area contributed by atoms with Gasteiger partial charge in [0.2, 0.25) is 0 Å². The summed E-state index contributed by atoms with van der Waals surface area (Å²) < 4.78 is 39.6. The molecule has 6 heteroatoms. The van der Waals surface area contributed by atoms with Crippen LogP contribution < -0.4 is 0 Å². The fraction of sp³-hybridized carbons (Fsp3) is 0.100. The summed E-state index contributed by atoms with van der Waals surface area (Å²) >= 11 is 0. The Morgan fingerprint density at radius 1 is 1.31 bits per heavy atom. The Bertz CT molecular complexity index is 604. The van der Waals surface area contributed by atoms with Crippen LogP contribution in [-0.4, -0.2) is 16.1 Å². The lowest BCUT2D eigenvalue weighted by molar-refractivity contribution is 0.0698. The highest BCUT2D eigenvalue weighted by atomic mass is 19.2. The number of hydrogen-bond donors (Lipinski definition) is 2. The second kappa shape index (κ2) is 3.26. The van der Waals surface area contributed by atoms with E-state index in [1.807, 2.05) is 0 Å². The van der Waals surface area contributed by atoms with Crippen molar-refractivity contribution >= 4 is 16.9 Å². The maximum Gasteiger partial charge on any atom is 0.338 e. The van der Waals surface area contributed by atoms with Gasteiger partial charge in [0.05, 0.1) is 16.5 Å². The fourth-order valence-corrected chi connectivity index (χ4v) is 1.66. The van der Waals surface area contributed by atoms with Crippen molar-refractivity contribution in [3.63, 3.8) is 0 Å². The van der Waals surface area contributed by atoms with Gasteiger partial charge in [-0.25, -0.2) is 18.0 Å². The lowest BCUT2D eigenvalue weighted by Crippen LogP contribution is -1.99. The quantitative estimate of drug-likeness (QED) is 0.738. The monoisotopic (exact) mass is 229 g/mol. The van der Waals surface area contributed by atoms with E-state index in [1.165, 1.54) is 6.92 Å². The van der Waals surface area contributed by atoms with Crippen molar-refractivity contribution in [3.8, 4) is 0 Å². The van der Waals surface area contributed by atoms with E-state index in [4.69, 9.17) is 5.11 Å². The highest BCUT2D eigenvalue weighted by Crippen LogP contribution is 2.28. The molecule has 2 rings (SSSR count). The van der Waals surface area contributed by atoms with E-state index < -0.39 is 34.4 Å². The number of halogens is 3. The molecule has 0 spiro atoms. The van der Waals surface area contributed by atoms with Crippen LogP contribution in [0.5, 0.6) is 0 Å². The Hall–Kier alpha value is -1.98. The van der Waals surface area contributed by atoms with Crippen molar-refractivity contribution in [2.24, 2.45) is 0 Å². The molecule has 1 aromatic carbocycles. The SMILES string of the molecule is Cc1[nH]c2c(F)cc(F)c(F)c2c1C(=O)O. The van der Waals surface area contributed by atoms with Crippen molar-refractivity contribution in [2.45, 2.75) is 6.92 Å². The number of aromatic amines is 1. The number of benzene rings is 1. The first kappa shape index (κ1) is 10.5. The van der Waals surface area contributed by atoms with E-state index in [1.54, 1.807) is 0 Å². The predicted octanol–water partition coefficient (Wildman–Crippen LogP) is 2.59. The summed E-state index contributed by atoms with van der Waals surface area (Å²) in [6.07, 6.45) is 0. The van der Waals surface area contributed by atoms with Crippen LogP contribution in [0.2, 0.25) is 0 Å². The third-order valence-corrected chi connectivity index (χ3v) is 2.32. The van der Waals surface area contributed by atoms with Gasteiger partial charge < -0.3 is 10.1 Å². The maximum absolute atomic E-state index is 13.4. The minimum atomic E-state index is -1.44. The topological polar surface area (TPSA) is 53.1 Å². The third-order valence-electron chi connectivity index (χ3n) is 2.32. The van der Waals surface area contributed by atoms with Gasteiger partial charge in [-0.3, -0.25) is 0 Å². The van der Waals surface area contributed by atoms with E-state index in [-0.39, 0.29) is 11.2 Å². The van der Waals surface area contributed by atoms with Crippen LogP contribution in [-0.2, 0) is 0 Å². The van der Waals surface area contributed by atoms with Gasteiger partial charge in [0.1, 0.15) is 5.82 Å². The molecule has 2 aromatic rings. The molecular weight excluding hydrogens is 223 g/mol. The summed E-state index contributed by atoms with van der Waals surface area (Å²) in [5.41, 5.74) is -0.717. The van der Waals surface area contributed by atoms with Gasteiger partial charge in [0.25, 0.3) is 0 Å². The van der Waals surface area contributed by atoms with Crippen LogP contribution in [0.15, 0.2) is 6.07 Å². The van der Waals surface area contributed by atoms with Crippen molar-refractivity contribution < 1.29 is 23.1 Å². The zero-order chi connectivity index (χ0) is 12.0. The molecule has 0 saturated carbocycles. The zero-order valence-corrected chi connectivity index (χ0v) is 8.07. The number of fused-ring (bicyclic) bond motifs is 1. The Labute approximate surface area is 87.5 Å². The first-order valence-electron chi connectivity index (χ1n) is 4.32. The van der Waals surface area contributed by atoms with Crippen molar-refractivity contribution in [2.75, 3.05) is 0 Å². The third kappa shape index (κ3) is 1.26. The molecule has 0 aliphatic heterocycles. The van der Waals surface area contributed by atoms with Crippen molar-refractivity contribution in [3.05, 3.63) is 34.8 Å². The van der Waals surface area contributed by atoms with Crippen LogP contribution in [0.4, 0.5) is 13.2 Å². The standard InChI is InChI=1S/C10H6F3NO2/c1-3-6(10(15)16)7-8(13)4(11)2-5(12)9(7)14-3/h2,14H,1H3,(H,15,16). The molecule has 84 valence electrons. The number of aromatic nitrogens is 1. The molecule has 1 heterocycles. The average molecular weight is 229 g/mol. The van der Waals surface area contributed by atoms with Gasteiger partial charge in [0.15, 0.2) is 11.6 Å². The number of H-pyrrole nitrogens is 1. The summed E-state index contributed by atoms with van der Waals surface area (Å²) in [6.45, 7) is 1.35. The second-order valence-electron chi connectivity index (χ2n) is 3.33. The number of nitrogens with one attached hydrogen (secondary N) is 1. The zero-order valence-electron chi connectivity index (χ0n) is 8.07. The number of aromatic carboxylic acids is 1. The Kier molecular flexibility index (Phi) is 2.15. The fourth-order valence-electron chi connectivity index (χ4n) is 1.66. The summed E-state index contributed by atoms with van der Waals surface area (Å²) in [4.78, 5) is 13.2. The largest absolute Gasteiger partial charge is 0.478 e. The molecule has 0 radical (unpaired) electrons. The highest BCUT2D eigenvalue weighted by molar-refractivity contribution is 6.05. The maximum atomic E-state index is 13.4. The molecule has 0 fully saturated rings. The number of carbonyl (C=O) groups is 1. The number of aryl methyl sites for hydroxylation is 1. The first-order chi connectivity index (χ1) is 7.43. The first-order valence-corrected chi connectivity index (χ1v) is 4.32. The number of hydrogen-bond acceptors (Lipinski definition) is 1. The Balaban J connectivity index is 3.02. The Morgan fingerprint density at radius 2 is 1.94 bits per heavy atom. The molecule has 0 atom stereocenters. The summed E-state index contributed by atoms with van der Waals surface area (Å²) in [7, 11) is 0. The van der Waals surface area contributed by atoms with Gasteiger partial charge in [-0.2, -0.15) is 0 Å². The van der Waals surface area contributed by atoms with Crippen molar-refractivity contribution in [1.82, 2.24) is 4.98 Å². The molecule has 0 unspecified atom stereocenters. The van der Waals surface area contributed by atoms with Gasteiger partial charge in [-0.05, 0) is 6.92 Å². The number of carboxylic acid groups (broad SMARTS) is 1. The van der Waals surface area contributed by atoms with Gasteiger partial charge in [-0.1, -0.05) is 0 Å². The Morgan fingerprint density at radius 3 is 2.50 bits per heavy atom. The lowest BCUT2D eigenvalue weighted by Gasteiger charge is -1.98. The van der Waals surface area contributed by atoms with Gasteiger partial charge in [-0.15, -0.1) is 0 Å². The molecule has 0 aliphatic rings.